The van der Waals surface area contributed by atoms with Crippen LogP contribution < -0.4 is 14.2 Å². The lowest BCUT2D eigenvalue weighted by atomic mass is 10.2. The minimum absolute atomic E-state index is 0.0632. The van der Waals surface area contributed by atoms with Crippen molar-refractivity contribution >= 4 is 27.3 Å². The SMILES string of the molecule is CCOc1cc(C(F)(F)F)cc(OCCCNS(=O)(=O)c2cc([N+](=O)[O-])ccc2Cl)n1. The van der Waals surface area contributed by atoms with E-state index in [1.54, 1.807) is 6.92 Å². The Morgan fingerprint density at radius 2 is 1.84 bits per heavy atom. The van der Waals surface area contributed by atoms with Gasteiger partial charge in [-0.25, -0.2) is 13.1 Å². The van der Waals surface area contributed by atoms with Gasteiger partial charge in [0, 0.05) is 30.8 Å². The summed E-state index contributed by atoms with van der Waals surface area (Å²) in [6.07, 6.45) is -4.56. The standard InChI is InChI=1S/C17H17ClF3N3O6S/c1-2-29-15-8-11(17(19,20)21)9-16(23-15)30-7-3-6-22-31(27,28)14-10-12(24(25)26)4-5-13(14)18/h4-5,8-10,22H,2-3,6-7H2,1H3. The van der Waals surface area contributed by atoms with Gasteiger partial charge in [0.1, 0.15) is 4.90 Å². The van der Waals surface area contributed by atoms with Crippen LogP contribution in [0.3, 0.4) is 0 Å². The largest absolute Gasteiger partial charge is 0.478 e. The van der Waals surface area contributed by atoms with Crippen molar-refractivity contribution in [1.29, 1.82) is 0 Å². The first-order chi connectivity index (χ1) is 14.4. The summed E-state index contributed by atoms with van der Waals surface area (Å²) in [4.78, 5) is 13.4. The zero-order valence-corrected chi connectivity index (χ0v) is 17.6. The monoisotopic (exact) mass is 483 g/mol. The molecule has 0 aliphatic heterocycles. The Morgan fingerprint density at radius 3 is 2.42 bits per heavy atom. The average molecular weight is 484 g/mol. The summed E-state index contributed by atoms with van der Waals surface area (Å²) in [6.45, 7) is 1.36. The molecule has 0 aliphatic carbocycles. The lowest BCUT2D eigenvalue weighted by Gasteiger charge is -2.12. The van der Waals surface area contributed by atoms with Crippen molar-refractivity contribution in [3.05, 3.63) is 51.0 Å². The zero-order chi connectivity index (χ0) is 23.2. The van der Waals surface area contributed by atoms with E-state index in [2.05, 4.69) is 9.71 Å². The fraction of sp³-hybridized carbons (Fsp3) is 0.353. The highest BCUT2D eigenvalue weighted by Crippen LogP contribution is 2.33. The van der Waals surface area contributed by atoms with Gasteiger partial charge in [-0.3, -0.25) is 10.1 Å². The summed E-state index contributed by atoms with van der Waals surface area (Å²) in [6, 6.07) is 4.42. The number of alkyl halides is 3. The van der Waals surface area contributed by atoms with Gasteiger partial charge in [0.15, 0.2) is 0 Å². The van der Waals surface area contributed by atoms with E-state index in [1.807, 2.05) is 0 Å². The van der Waals surface area contributed by atoms with Gasteiger partial charge >= 0.3 is 6.18 Å². The summed E-state index contributed by atoms with van der Waals surface area (Å²) >= 11 is 5.82. The van der Waals surface area contributed by atoms with Crippen LogP contribution in [0, 0.1) is 10.1 Å². The lowest BCUT2D eigenvalue weighted by molar-refractivity contribution is -0.385. The fourth-order valence-electron chi connectivity index (χ4n) is 2.29. The van der Waals surface area contributed by atoms with Crippen molar-refractivity contribution in [2.24, 2.45) is 0 Å². The number of non-ortho nitro benzene ring substituents is 1. The molecule has 0 amide bonds. The Bertz CT molecular complexity index is 1050. The Balaban J connectivity index is 1.98. The second kappa shape index (κ2) is 10.1. The first-order valence-electron chi connectivity index (χ1n) is 8.72. The number of nitro groups is 1. The van der Waals surface area contributed by atoms with Gasteiger partial charge < -0.3 is 9.47 Å². The number of benzene rings is 1. The number of nitrogens with one attached hydrogen (secondary N) is 1. The molecular weight excluding hydrogens is 467 g/mol. The van der Waals surface area contributed by atoms with Crippen molar-refractivity contribution in [2.75, 3.05) is 19.8 Å². The summed E-state index contributed by atoms with van der Waals surface area (Å²) in [7, 11) is -4.16. The molecule has 0 spiro atoms. The third-order valence-corrected chi connectivity index (χ3v) is 5.62. The van der Waals surface area contributed by atoms with E-state index < -0.39 is 37.3 Å². The molecule has 0 saturated heterocycles. The Hall–Kier alpha value is -2.64. The number of rotatable bonds is 10. The Morgan fingerprint density at radius 1 is 1.19 bits per heavy atom. The number of nitrogens with zero attached hydrogens (tertiary/aromatic N) is 2. The van der Waals surface area contributed by atoms with Crippen LogP contribution in [0.5, 0.6) is 11.8 Å². The van der Waals surface area contributed by atoms with Gasteiger partial charge in [-0.2, -0.15) is 18.2 Å². The minimum atomic E-state index is -4.62. The van der Waals surface area contributed by atoms with Crippen molar-refractivity contribution in [1.82, 2.24) is 9.71 Å². The van der Waals surface area contributed by atoms with E-state index in [0.717, 1.165) is 24.3 Å². The maximum Gasteiger partial charge on any atom is 0.416 e. The highest BCUT2D eigenvalue weighted by Gasteiger charge is 2.32. The van der Waals surface area contributed by atoms with Crippen molar-refractivity contribution in [2.45, 2.75) is 24.4 Å². The summed E-state index contributed by atoms with van der Waals surface area (Å²) in [5, 5.41) is 10.6. The van der Waals surface area contributed by atoms with Crippen LogP contribution >= 0.6 is 11.6 Å². The molecule has 170 valence electrons. The first-order valence-corrected chi connectivity index (χ1v) is 10.6. The number of nitro benzene ring substituents is 1. The van der Waals surface area contributed by atoms with Gasteiger partial charge in [-0.15, -0.1) is 0 Å². The molecule has 0 bridgehead atoms. The molecule has 0 atom stereocenters. The molecule has 0 radical (unpaired) electrons. The highest BCUT2D eigenvalue weighted by atomic mass is 35.5. The molecule has 1 N–H and O–H groups in total. The average Bonchev–Trinajstić information content (AvgIpc) is 2.67. The van der Waals surface area contributed by atoms with Gasteiger partial charge in [-0.1, -0.05) is 11.6 Å². The van der Waals surface area contributed by atoms with Crippen molar-refractivity contribution in [3.63, 3.8) is 0 Å². The topological polar surface area (TPSA) is 121 Å². The van der Waals surface area contributed by atoms with E-state index in [9.17, 15) is 31.7 Å². The van der Waals surface area contributed by atoms with E-state index in [0.29, 0.717) is 6.07 Å². The number of ether oxygens (including phenoxy) is 2. The minimum Gasteiger partial charge on any atom is -0.478 e. The number of hydrogen-bond acceptors (Lipinski definition) is 7. The molecule has 0 aliphatic rings. The molecular formula is C17H17ClF3N3O6S. The fourth-order valence-corrected chi connectivity index (χ4v) is 3.88. The van der Waals surface area contributed by atoms with E-state index >= 15 is 0 Å². The number of halogens is 4. The highest BCUT2D eigenvalue weighted by molar-refractivity contribution is 7.89. The normalized spacial score (nSPS) is 11.9. The maximum absolute atomic E-state index is 13.0. The van der Waals surface area contributed by atoms with Crippen LogP contribution in [0.15, 0.2) is 35.2 Å². The predicted octanol–water partition coefficient (Wildman–Crippen LogP) is 3.81. The smallest absolute Gasteiger partial charge is 0.416 e. The van der Waals surface area contributed by atoms with Crippen LogP contribution in [-0.4, -0.2) is 38.1 Å². The molecule has 2 aromatic rings. The van der Waals surface area contributed by atoms with Gasteiger partial charge in [0.25, 0.3) is 5.69 Å². The number of hydrogen-bond donors (Lipinski definition) is 1. The van der Waals surface area contributed by atoms with Crippen LogP contribution in [0.4, 0.5) is 18.9 Å². The molecule has 1 aromatic heterocycles. The number of aromatic nitrogens is 1. The molecule has 9 nitrogen and oxygen atoms in total. The van der Waals surface area contributed by atoms with Crippen LogP contribution in [0.2, 0.25) is 5.02 Å². The summed E-state index contributed by atoms with van der Waals surface area (Å²) < 4.78 is 75.9. The van der Waals surface area contributed by atoms with E-state index in [1.165, 1.54) is 0 Å². The van der Waals surface area contributed by atoms with Gasteiger partial charge in [0.05, 0.1) is 28.7 Å². The van der Waals surface area contributed by atoms with Crippen LogP contribution in [-0.2, 0) is 16.2 Å². The maximum atomic E-state index is 13.0. The third kappa shape index (κ3) is 6.94. The molecule has 1 heterocycles. The van der Waals surface area contributed by atoms with Crippen LogP contribution in [0.25, 0.3) is 0 Å². The molecule has 0 unspecified atom stereocenters. The second-order valence-corrected chi connectivity index (χ2v) is 8.08. The number of pyridine rings is 1. The Kier molecular flexibility index (Phi) is 8.03. The molecule has 2 rings (SSSR count). The first kappa shape index (κ1) is 24.6. The Labute approximate surface area is 180 Å². The van der Waals surface area contributed by atoms with Gasteiger partial charge in [-0.05, 0) is 19.4 Å². The molecule has 1 aromatic carbocycles. The molecule has 14 heteroatoms. The zero-order valence-electron chi connectivity index (χ0n) is 16.0. The quantitative estimate of drug-likeness (QED) is 0.310. The van der Waals surface area contributed by atoms with Gasteiger partial charge in [0.2, 0.25) is 21.8 Å². The molecule has 0 saturated carbocycles. The van der Waals surface area contributed by atoms with E-state index in [-0.39, 0.29) is 43.0 Å². The molecule has 0 fully saturated rings. The van der Waals surface area contributed by atoms with Crippen molar-refractivity contribution < 1.29 is 36.0 Å². The summed E-state index contributed by atoms with van der Waals surface area (Å²) in [5.41, 5.74) is -1.45. The second-order valence-electron chi connectivity index (χ2n) is 5.93. The molecule has 31 heavy (non-hydrogen) atoms. The van der Waals surface area contributed by atoms with E-state index in [4.69, 9.17) is 21.1 Å². The predicted molar refractivity (Wildman–Crippen MR) is 104 cm³/mol. The van der Waals surface area contributed by atoms with Crippen LogP contribution in [0.1, 0.15) is 18.9 Å². The summed E-state index contributed by atoms with van der Waals surface area (Å²) in [5.74, 6) is -0.587. The third-order valence-electron chi connectivity index (χ3n) is 3.68. The lowest BCUT2D eigenvalue weighted by Crippen LogP contribution is -2.26. The number of sulfonamides is 1. The van der Waals surface area contributed by atoms with Crippen molar-refractivity contribution in [3.8, 4) is 11.8 Å².